The van der Waals surface area contributed by atoms with E-state index >= 15 is 0 Å². The van der Waals surface area contributed by atoms with Crippen LogP contribution in [0.4, 0.5) is 5.69 Å². The Morgan fingerprint density at radius 1 is 1.16 bits per heavy atom. The summed E-state index contributed by atoms with van der Waals surface area (Å²) in [4.78, 5) is 24.8. The third-order valence-corrected chi connectivity index (χ3v) is 7.13. The third kappa shape index (κ3) is 6.60. The molecule has 0 saturated heterocycles. The van der Waals surface area contributed by atoms with Gasteiger partial charge in [-0.2, -0.15) is 0 Å². The highest BCUT2D eigenvalue weighted by molar-refractivity contribution is 7.99. The van der Waals surface area contributed by atoms with E-state index in [0.717, 1.165) is 12.8 Å². The summed E-state index contributed by atoms with van der Waals surface area (Å²) in [6.45, 7) is 4.75. The maximum Gasteiger partial charge on any atom is 0.232 e. The molecule has 31 heavy (non-hydrogen) atoms. The van der Waals surface area contributed by atoms with Crippen molar-refractivity contribution in [3.63, 3.8) is 0 Å². The van der Waals surface area contributed by atoms with E-state index in [4.69, 9.17) is 23.2 Å². The van der Waals surface area contributed by atoms with Crippen LogP contribution in [0.3, 0.4) is 0 Å². The molecule has 1 aliphatic carbocycles. The summed E-state index contributed by atoms with van der Waals surface area (Å²) in [5.41, 5.74) is 0.560. The number of thioether (sulfide) groups is 1. The van der Waals surface area contributed by atoms with Crippen LogP contribution in [-0.4, -0.2) is 38.4 Å². The van der Waals surface area contributed by atoms with Gasteiger partial charge in [-0.1, -0.05) is 54.7 Å². The third-order valence-electron chi connectivity index (χ3n) is 5.42. The van der Waals surface area contributed by atoms with E-state index in [0.29, 0.717) is 39.2 Å². The number of anilines is 1. The van der Waals surface area contributed by atoms with E-state index in [9.17, 15) is 9.59 Å². The lowest BCUT2D eigenvalue weighted by Gasteiger charge is -2.29. The zero-order valence-corrected chi connectivity index (χ0v) is 20.0. The monoisotopic (exact) mass is 483 g/mol. The van der Waals surface area contributed by atoms with Crippen LogP contribution in [0, 0.1) is 5.92 Å². The molecule has 1 heterocycles. The first kappa shape index (κ1) is 23.9. The molecule has 1 saturated carbocycles. The second kappa shape index (κ2) is 11.2. The molecule has 3 rings (SSSR count). The molecule has 0 unspecified atom stereocenters. The number of benzene rings is 1. The predicted molar refractivity (Wildman–Crippen MR) is 125 cm³/mol. The highest BCUT2D eigenvalue weighted by Crippen LogP contribution is 2.26. The fourth-order valence-electron chi connectivity index (χ4n) is 3.71. The first-order valence-electron chi connectivity index (χ1n) is 10.5. The van der Waals surface area contributed by atoms with Gasteiger partial charge in [-0.3, -0.25) is 9.59 Å². The summed E-state index contributed by atoms with van der Waals surface area (Å²) in [6, 6.07) is 5.16. The molecule has 10 heteroatoms. The van der Waals surface area contributed by atoms with Crippen molar-refractivity contribution in [2.24, 2.45) is 5.92 Å². The van der Waals surface area contributed by atoms with Gasteiger partial charge in [0.15, 0.2) is 5.16 Å². The standard InChI is InChI=1S/C21H27Cl2N5O2S/c1-3-28-18(11-19(29)24-14-8-9-15(22)16(23)10-14)26-27-21(28)31-12-20(30)25-17-7-5-4-6-13(17)2/h8-10,13,17H,3-7,11-12H2,1-2H3,(H,24,29)(H,25,30)/t13-,17+/m0/s1. The lowest BCUT2D eigenvalue weighted by molar-refractivity contribution is -0.120. The molecule has 0 spiro atoms. The summed E-state index contributed by atoms with van der Waals surface area (Å²) >= 11 is 13.2. The Hall–Kier alpha value is -1.77. The maximum absolute atomic E-state index is 12.4. The molecular weight excluding hydrogens is 457 g/mol. The highest BCUT2D eigenvalue weighted by Gasteiger charge is 2.23. The van der Waals surface area contributed by atoms with Gasteiger partial charge in [0, 0.05) is 18.3 Å². The second-order valence-corrected chi connectivity index (χ2v) is 9.48. The number of carbonyl (C=O) groups is 2. The van der Waals surface area contributed by atoms with Crippen LogP contribution in [0.15, 0.2) is 23.4 Å². The summed E-state index contributed by atoms with van der Waals surface area (Å²) in [5, 5.41) is 15.7. The molecule has 1 aromatic carbocycles. The molecule has 2 atom stereocenters. The van der Waals surface area contributed by atoms with Gasteiger partial charge in [0.2, 0.25) is 11.8 Å². The van der Waals surface area contributed by atoms with Crippen molar-refractivity contribution in [3.8, 4) is 0 Å². The minimum Gasteiger partial charge on any atom is -0.352 e. The van der Waals surface area contributed by atoms with E-state index in [1.54, 1.807) is 18.2 Å². The number of hydrogen-bond donors (Lipinski definition) is 2. The van der Waals surface area contributed by atoms with Crippen molar-refractivity contribution >= 4 is 52.5 Å². The van der Waals surface area contributed by atoms with Gasteiger partial charge in [0.05, 0.1) is 22.2 Å². The van der Waals surface area contributed by atoms with E-state index in [1.165, 1.54) is 24.6 Å². The van der Waals surface area contributed by atoms with Crippen molar-refractivity contribution in [3.05, 3.63) is 34.1 Å². The van der Waals surface area contributed by atoms with Gasteiger partial charge >= 0.3 is 0 Å². The summed E-state index contributed by atoms with van der Waals surface area (Å²) in [7, 11) is 0. The minimum absolute atomic E-state index is 0.00770. The molecule has 168 valence electrons. The fourth-order valence-corrected chi connectivity index (χ4v) is 4.84. The van der Waals surface area contributed by atoms with Gasteiger partial charge < -0.3 is 15.2 Å². The molecule has 0 radical (unpaired) electrons. The zero-order valence-electron chi connectivity index (χ0n) is 17.7. The Kier molecular flexibility index (Phi) is 8.63. The van der Waals surface area contributed by atoms with Crippen LogP contribution in [-0.2, 0) is 22.6 Å². The minimum atomic E-state index is -0.235. The largest absolute Gasteiger partial charge is 0.352 e. The van der Waals surface area contributed by atoms with Gasteiger partial charge in [0.25, 0.3) is 0 Å². The number of amides is 2. The van der Waals surface area contributed by atoms with Crippen LogP contribution in [0.25, 0.3) is 0 Å². The molecule has 2 aromatic rings. The first-order valence-corrected chi connectivity index (χ1v) is 12.2. The molecular formula is C21H27Cl2N5O2S. The summed E-state index contributed by atoms with van der Waals surface area (Å²) in [6.07, 6.45) is 4.67. The second-order valence-electron chi connectivity index (χ2n) is 7.72. The van der Waals surface area contributed by atoms with Crippen molar-refractivity contribution in [1.29, 1.82) is 0 Å². The van der Waals surface area contributed by atoms with E-state index in [1.807, 2.05) is 11.5 Å². The number of aromatic nitrogens is 3. The van der Waals surface area contributed by atoms with E-state index in [-0.39, 0.29) is 30.0 Å². The van der Waals surface area contributed by atoms with Crippen molar-refractivity contribution in [2.75, 3.05) is 11.1 Å². The smallest absolute Gasteiger partial charge is 0.232 e. The first-order chi connectivity index (χ1) is 14.9. The Balaban J connectivity index is 1.55. The molecule has 0 bridgehead atoms. The molecule has 0 aliphatic heterocycles. The van der Waals surface area contributed by atoms with E-state index < -0.39 is 0 Å². The average Bonchev–Trinajstić information content (AvgIpc) is 3.12. The Bertz CT molecular complexity index is 936. The Labute approximate surface area is 196 Å². The number of nitrogens with zero attached hydrogens (tertiary/aromatic N) is 3. The van der Waals surface area contributed by atoms with Gasteiger partial charge in [-0.15, -0.1) is 10.2 Å². The molecule has 2 N–H and O–H groups in total. The molecule has 2 amide bonds. The number of nitrogens with one attached hydrogen (secondary N) is 2. The van der Waals surface area contributed by atoms with Crippen LogP contribution in [0.1, 0.15) is 45.4 Å². The predicted octanol–water partition coefficient (Wildman–Crippen LogP) is 4.57. The Morgan fingerprint density at radius 3 is 2.65 bits per heavy atom. The number of hydrogen-bond acceptors (Lipinski definition) is 5. The highest BCUT2D eigenvalue weighted by atomic mass is 35.5. The average molecular weight is 484 g/mol. The van der Waals surface area contributed by atoms with Crippen molar-refractivity contribution in [2.45, 2.75) is 63.7 Å². The fraction of sp³-hybridized carbons (Fsp3) is 0.524. The Morgan fingerprint density at radius 2 is 1.94 bits per heavy atom. The van der Waals surface area contributed by atoms with Gasteiger partial charge in [-0.05, 0) is 43.9 Å². The molecule has 1 fully saturated rings. The van der Waals surface area contributed by atoms with Crippen LogP contribution in [0.5, 0.6) is 0 Å². The molecule has 1 aliphatic rings. The van der Waals surface area contributed by atoms with Crippen LogP contribution < -0.4 is 10.6 Å². The van der Waals surface area contributed by atoms with Gasteiger partial charge in [-0.25, -0.2) is 0 Å². The van der Waals surface area contributed by atoms with Crippen molar-refractivity contribution < 1.29 is 9.59 Å². The SMILES string of the molecule is CCn1c(CC(=O)Nc2ccc(Cl)c(Cl)c2)nnc1SCC(=O)N[C@@H]1CCCC[C@@H]1C. The van der Waals surface area contributed by atoms with Gasteiger partial charge in [0.1, 0.15) is 5.82 Å². The van der Waals surface area contributed by atoms with Crippen LogP contribution >= 0.6 is 35.0 Å². The number of rotatable bonds is 8. The lowest BCUT2D eigenvalue weighted by Crippen LogP contribution is -2.41. The summed E-state index contributed by atoms with van der Waals surface area (Å²) < 4.78 is 1.86. The number of carbonyl (C=O) groups excluding carboxylic acids is 2. The maximum atomic E-state index is 12.4. The lowest BCUT2D eigenvalue weighted by atomic mass is 9.86. The topological polar surface area (TPSA) is 88.9 Å². The molecule has 7 nitrogen and oxygen atoms in total. The number of halogens is 2. The summed E-state index contributed by atoms with van der Waals surface area (Å²) in [5.74, 6) is 1.11. The molecule has 1 aromatic heterocycles. The van der Waals surface area contributed by atoms with E-state index in [2.05, 4.69) is 27.8 Å². The van der Waals surface area contributed by atoms with Crippen LogP contribution in [0.2, 0.25) is 10.0 Å². The van der Waals surface area contributed by atoms with Crippen molar-refractivity contribution in [1.82, 2.24) is 20.1 Å². The zero-order chi connectivity index (χ0) is 22.4. The quantitative estimate of drug-likeness (QED) is 0.536. The normalized spacial score (nSPS) is 18.6.